The van der Waals surface area contributed by atoms with E-state index in [9.17, 15) is 0 Å². The van der Waals surface area contributed by atoms with Crippen LogP contribution < -0.4 is 20.9 Å². The summed E-state index contributed by atoms with van der Waals surface area (Å²) in [6.07, 6.45) is 23.4. The third kappa shape index (κ3) is 6.04. The molecule has 11 rings (SSSR count). The van der Waals surface area contributed by atoms with Crippen molar-refractivity contribution in [1.29, 1.82) is 0 Å². The molecule has 0 heteroatoms. The first-order valence-corrected chi connectivity index (χ1v) is 21.6. The highest BCUT2D eigenvalue weighted by atomic mass is 14.4. The first kappa shape index (κ1) is 35.6. The molecule has 0 heterocycles. The summed E-state index contributed by atoms with van der Waals surface area (Å²) in [6.45, 7) is 4.65. The molecule has 5 aliphatic carbocycles. The predicted octanol–water partition coefficient (Wildman–Crippen LogP) is 11.0. The fourth-order valence-corrected chi connectivity index (χ4v) is 11.0. The summed E-state index contributed by atoms with van der Waals surface area (Å²) >= 11 is 0. The highest BCUT2D eigenvalue weighted by Gasteiger charge is 2.35. The molecule has 4 atom stereocenters. The summed E-state index contributed by atoms with van der Waals surface area (Å²) in [7, 11) is 0. The second kappa shape index (κ2) is 14.7. The van der Waals surface area contributed by atoms with Crippen LogP contribution in [0.1, 0.15) is 59.6 Å². The molecule has 0 bridgehead atoms. The molecule has 5 aliphatic rings. The standard InChI is InChI=1S/C59H48/c1-38(2)55-37-45(33-34-46(55)39-17-5-3-6-18-39)59-53-27-15-13-25-51(53)58(52-26-14-16-28-54(52)59)44-32-30-41-35-43(31-29-42(41)36-44)57-49-23-11-9-21-47(49)56(40-19-7-4-8-20-40)48-22-10-12-24-50(48)57/h3-28,30,32-38,47,49,51,53H,29,31H2,1-2H3. The normalized spacial score (nSPS) is 21.1. The van der Waals surface area contributed by atoms with E-state index in [1.807, 2.05) is 0 Å². The number of fused-ring (bicyclic) bond motifs is 5. The zero-order valence-electron chi connectivity index (χ0n) is 33.9. The van der Waals surface area contributed by atoms with Gasteiger partial charge in [0.25, 0.3) is 0 Å². The summed E-state index contributed by atoms with van der Waals surface area (Å²) in [5.41, 5.74) is 18.1. The lowest BCUT2D eigenvalue weighted by atomic mass is 9.68. The van der Waals surface area contributed by atoms with Gasteiger partial charge in [0.2, 0.25) is 0 Å². The van der Waals surface area contributed by atoms with Crippen LogP contribution in [0.5, 0.6) is 0 Å². The molecule has 59 heavy (non-hydrogen) atoms. The number of aryl methyl sites for hydroxylation is 1. The van der Waals surface area contributed by atoms with Crippen LogP contribution >= 0.6 is 0 Å². The van der Waals surface area contributed by atoms with Crippen LogP contribution in [0.4, 0.5) is 0 Å². The fourth-order valence-electron chi connectivity index (χ4n) is 11.0. The van der Waals surface area contributed by atoms with Crippen molar-refractivity contribution in [3.05, 3.63) is 254 Å². The lowest BCUT2D eigenvalue weighted by Crippen LogP contribution is -2.40. The number of benzene rings is 6. The van der Waals surface area contributed by atoms with Gasteiger partial charge >= 0.3 is 0 Å². The smallest absolute Gasteiger partial charge is 0.0137 e. The Balaban J connectivity index is 1.05. The maximum Gasteiger partial charge on any atom is 0.0137 e. The monoisotopic (exact) mass is 756 g/mol. The quantitative estimate of drug-likeness (QED) is 0.159. The van der Waals surface area contributed by atoms with E-state index in [1.54, 1.807) is 0 Å². The summed E-state index contributed by atoms with van der Waals surface area (Å²) in [6, 6.07) is 54.8. The molecule has 0 aromatic heterocycles. The van der Waals surface area contributed by atoms with Crippen molar-refractivity contribution >= 4 is 28.4 Å². The second-order valence-corrected chi connectivity index (χ2v) is 17.2. The zero-order valence-corrected chi connectivity index (χ0v) is 33.9. The first-order chi connectivity index (χ1) is 29.1. The lowest BCUT2D eigenvalue weighted by Gasteiger charge is -2.35. The summed E-state index contributed by atoms with van der Waals surface area (Å²) in [4.78, 5) is 0. The second-order valence-electron chi connectivity index (χ2n) is 17.2. The molecule has 0 aliphatic heterocycles. The molecule has 0 saturated heterocycles. The van der Waals surface area contributed by atoms with E-state index in [1.165, 1.54) is 93.2 Å². The lowest BCUT2D eigenvalue weighted by molar-refractivity contribution is 0.679. The summed E-state index contributed by atoms with van der Waals surface area (Å²) in [5.74, 6) is 1.53. The third-order valence-electron chi connectivity index (χ3n) is 13.6. The SMILES string of the molecule is CC(C)c1cc(C2=c3ccccc3=C(c3ccc4c(c3)CCC(C3=c5ccccc5=C(c5ccccc5)C5C=CC=CC35)=C4)C3C=CC=CC23)ccc1-c1ccccc1. The van der Waals surface area contributed by atoms with Gasteiger partial charge in [-0.1, -0.05) is 214 Å². The van der Waals surface area contributed by atoms with E-state index in [0.717, 1.165) is 12.8 Å². The molecule has 6 aromatic carbocycles. The molecule has 4 unspecified atom stereocenters. The highest BCUT2D eigenvalue weighted by molar-refractivity contribution is 5.87. The van der Waals surface area contributed by atoms with E-state index < -0.39 is 0 Å². The molecule has 0 radical (unpaired) electrons. The summed E-state index contributed by atoms with van der Waals surface area (Å²) in [5, 5.41) is 5.47. The van der Waals surface area contributed by atoms with Crippen molar-refractivity contribution in [2.45, 2.75) is 32.6 Å². The maximum atomic E-state index is 2.53. The van der Waals surface area contributed by atoms with Crippen LogP contribution in [0.15, 0.2) is 200 Å². The zero-order chi connectivity index (χ0) is 39.5. The van der Waals surface area contributed by atoms with Crippen LogP contribution in [0, 0.1) is 23.7 Å². The van der Waals surface area contributed by atoms with Crippen LogP contribution in [0.3, 0.4) is 0 Å². The van der Waals surface area contributed by atoms with Crippen LogP contribution in [-0.4, -0.2) is 0 Å². The molecule has 0 N–H and O–H groups in total. The van der Waals surface area contributed by atoms with Gasteiger partial charge in [-0.3, -0.25) is 0 Å². The van der Waals surface area contributed by atoms with Crippen molar-refractivity contribution in [2.75, 3.05) is 0 Å². The Morgan fingerprint density at radius 1 is 0.407 bits per heavy atom. The maximum absolute atomic E-state index is 2.53. The van der Waals surface area contributed by atoms with E-state index in [2.05, 4.69) is 214 Å². The van der Waals surface area contributed by atoms with Crippen molar-refractivity contribution in [3.63, 3.8) is 0 Å². The van der Waals surface area contributed by atoms with Gasteiger partial charge in [0.15, 0.2) is 0 Å². The Labute approximate surface area is 348 Å². The largest absolute Gasteiger partial charge is 0.0761 e. The van der Waals surface area contributed by atoms with Crippen molar-refractivity contribution in [3.8, 4) is 11.1 Å². The van der Waals surface area contributed by atoms with Crippen LogP contribution in [0.25, 0.3) is 39.5 Å². The molecule has 0 fully saturated rings. The number of allylic oxidation sites excluding steroid dienone is 9. The van der Waals surface area contributed by atoms with Gasteiger partial charge in [-0.25, -0.2) is 0 Å². The van der Waals surface area contributed by atoms with Gasteiger partial charge in [0.05, 0.1) is 0 Å². The first-order valence-electron chi connectivity index (χ1n) is 21.6. The van der Waals surface area contributed by atoms with Crippen molar-refractivity contribution in [1.82, 2.24) is 0 Å². The van der Waals surface area contributed by atoms with Crippen molar-refractivity contribution in [2.24, 2.45) is 23.7 Å². The highest BCUT2D eigenvalue weighted by Crippen LogP contribution is 2.45. The molecular weight excluding hydrogens is 709 g/mol. The van der Waals surface area contributed by atoms with E-state index in [0.29, 0.717) is 17.8 Å². The molecule has 0 amide bonds. The van der Waals surface area contributed by atoms with Gasteiger partial charge in [-0.15, -0.1) is 0 Å². The van der Waals surface area contributed by atoms with Gasteiger partial charge in [0.1, 0.15) is 0 Å². The van der Waals surface area contributed by atoms with Gasteiger partial charge < -0.3 is 0 Å². The topological polar surface area (TPSA) is 0 Å². The minimum atomic E-state index is 0.251. The molecule has 284 valence electrons. The third-order valence-corrected chi connectivity index (χ3v) is 13.6. The van der Waals surface area contributed by atoms with E-state index in [-0.39, 0.29) is 11.8 Å². The Bertz CT molecular complexity index is 3070. The van der Waals surface area contributed by atoms with Gasteiger partial charge in [-0.05, 0) is 112 Å². The average Bonchev–Trinajstić information content (AvgIpc) is 3.30. The van der Waals surface area contributed by atoms with E-state index >= 15 is 0 Å². The predicted molar refractivity (Wildman–Crippen MR) is 248 cm³/mol. The van der Waals surface area contributed by atoms with E-state index in [4.69, 9.17) is 0 Å². The summed E-state index contributed by atoms with van der Waals surface area (Å²) < 4.78 is 0. The molecule has 0 nitrogen and oxygen atoms in total. The Morgan fingerprint density at radius 2 is 0.864 bits per heavy atom. The minimum Gasteiger partial charge on any atom is -0.0761 e. The Morgan fingerprint density at radius 3 is 1.42 bits per heavy atom. The van der Waals surface area contributed by atoms with Crippen LogP contribution in [0.2, 0.25) is 0 Å². The van der Waals surface area contributed by atoms with Crippen LogP contribution in [-0.2, 0) is 6.42 Å². The number of rotatable bonds is 6. The fraction of sp³-hybridized carbons (Fsp3) is 0.153. The Kier molecular flexibility index (Phi) is 8.89. The van der Waals surface area contributed by atoms with Crippen molar-refractivity contribution < 1.29 is 0 Å². The average molecular weight is 757 g/mol. The molecule has 0 saturated carbocycles. The number of hydrogen-bond donors (Lipinski definition) is 0. The Hall–Kier alpha value is -6.50. The molecular formula is C59H48. The molecule has 0 spiro atoms. The number of hydrogen-bond acceptors (Lipinski definition) is 0. The van der Waals surface area contributed by atoms with Gasteiger partial charge in [-0.2, -0.15) is 0 Å². The van der Waals surface area contributed by atoms with Gasteiger partial charge in [0, 0.05) is 23.7 Å². The minimum absolute atomic E-state index is 0.251. The molecule has 6 aromatic rings.